The van der Waals surface area contributed by atoms with Crippen molar-refractivity contribution in [2.24, 2.45) is 0 Å². The Bertz CT molecular complexity index is 834. The lowest BCUT2D eigenvalue weighted by molar-refractivity contribution is -0.117. The third-order valence-electron chi connectivity index (χ3n) is 4.75. The molecule has 0 spiro atoms. The minimum atomic E-state index is -0.0542. The van der Waals surface area contributed by atoms with E-state index in [1.165, 1.54) is 17.5 Å². The maximum absolute atomic E-state index is 12.3. The molecule has 0 saturated carbocycles. The van der Waals surface area contributed by atoms with Gasteiger partial charge in [-0.1, -0.05) is 18.2 Å². The smallest absolute Gasteiger partial charge is 0.237 e. The molecule has 1 heterocycles. The summed E-state index contributed by atoms with van der Waals surface area (Å²) in [6.45, 7) is 0.410. The van der Waals surface area contributed by atoms with Gasteiger partial charge in [0.2, 0.25) is 11.8 Å². The minimum absolute atomic E-state index is 0.0542. The molecule has 2 amide bonds. The number of carbonyl (C=O) groups excluding carboxylic acids is 2. The average Bonchev–Trinajstić information content (AvgIpc) is 3.08. The van der Waals surface area contributed by atoms with Crippen molar-refractivity contribution in [1.29, 1.82) is 0 Å². The number of benzene rings is 2. The summed E-state index contributed by atoms with van der Waals surface area (Å²) in [6, 6.07) is 14.0. The lowest BCUT2D eigenvalue weighted by Crippen LogP contribution is -2.37. The predicted octanol–water partition coefficient (Wildman–Crippen LogP) is 3.64. The quantitative estimate of drug-likeness (QED) is 0.914. The largest absolute Gasteiger partial charge is 0.326 e. The van der Waals surface area contributed by atoms with Crippen LogP contribution < -0.4 is 10.2 Å². The molecule has 1 aliphatic heterocycles. The first-order valence-electron chi connectivity index (χ1n) is 8.64. The number of hydrogen-bond donors (Lipinski definition) is 1. The van der Waals surface area contributed by atoms with Crippen molar-refractivity contribution in [3.05, 3.63) is 53.6 Å². The third-order valence-corrected chi connectivity index (χ3v) is 5.80. The van der Waals surface area contributed by atoms with Gasteiger partial charge in [-0.05, 0) is 54.7 Å². The normalized spacial score (nSPS) is 15.7. The lowest BCUT2D eigenvalue weighted by atomic mass is 10.1. The maximum atomic E-state index is 12.3. The number of fused-ring (bicyclic) bond motifs is 2. The van der Waals surface area contributed by atoms with Gasteiger partial charge in [0.1, 0.15) is 0 Å². The minimum Gasteiger partial charge on any atom is -0.326 e. The second-order valence-electron chi connectivity index (χ2n) is 6.44. The Hall–Kier alpha value is -2.27. The first-order valence-corrected chi connectivity index (χ1v) is 9.63. The van der Waals surface area contributed by atoms with E-state index in [0.29, 0.717) is 18.7 Å². The summed E-state index contributed by atoms with van der Waals surface area (Å²) < 4.78 is 0. The number of carbonyl (C=O) groups is 2. The summed E-state index contributed by atoms with van der Waals surface area (Å²) in [5.74, 6) is 0.444. The van der Waals surface area contributed by atoms with E-state index in [9.17, 15) is 9.59 Å². The number of nitrogens with one attached hydrogen (secondary N) is 1. The molecule has 0 radical (unpaired) electrons. The molecule has 2 aromatic carbocycles. The summed E-state index contributed by atoms with van der Waals surface area (Å²) >= 11 is 1.56. The van der Waals surface area contributed by atoms with Crippen LogP contribution >= 0.6 is 11.8 Å². The van der Waals surface area contributed by atoms with Gasteiger partial charge in [0.25, 0.3) is 0 Å². The summed E-state index contributed by atoms with van der Waals surface area (Å²) in [7, 11) is 0. The topological polar surface area (TPSA) is 49.4 Å². The van der Waals surface area contributed by atoms with E-state index in [4.69, 9.17) is 0 Å². The van der Waals surface area contributed by atoms with Crippen LogP contribution in [0.2, 0.25) is 0 Å². The van der Waals surface area contributed by atoms with Crippen molar-refractivity contribution >= 4 is 35.0 Å². The molecule has 0 aromatic heterocycles. The van der Waals surface area contributed by atoms with E-state index >= 15 is 0 Å². The van der Waals surface area contributed by atoms with Crippen molar-refractivity contribution in [2.75, 3.05) is 22.5 Å². The molecular formula is C20H20N2O2S. The number of aryl methyl sites for hydroxylation is 2. The Kier molecular flexibility index (Phi) is 4.49. The first-order chi connectivity index (χ1) is 12.2. The number of hydrogen-bond acceptors (Lipinski definition) is 3. The van der Waals surface area contributed by atoms with Gasteiger partial charge in [0.05, 0.1) is 11.4 Å². The number of nitrogens with zero attached hydrogens (tertiary/aromatic N) is 1. The SMILES string of the molecule is O=C(CCN1C(=O)CSc2ccccc21)Nc1ccc2c(c1)CCC2. The van der Waals surface area contributed by atoms with Crippen LogP contribution in [0.15, 0.2) is 47.4 Å². The molecule has 0 atom stereocenters. The number of rotatable bonds is 4. The maximum Gasteiger partial charge on any atom is 0.237 e. The van der Waals surface area contributed by atoms with E-state index in [1.54, 1.807) is 16.7 Å². The van der Waals surface area contributed by atoms with Crippen molar-refractivity contribution in [3.63, 3.8) is 0 Å². The lowest BCUT2D eigenvalue weighted by Gasteiger charge is -2.28. The molecule has 5 heteroatoms. The average molecular weight is 352 g/mol. The fourth-order valence-electron chi connectivity index (χ4n) is 3.49. The highest BCUT2D eigenvalue weighted by Crippen LogP contribution is 2.34. The van der Waals surface area contributed by atoms with E-state index in [0.717, 1.165) is 29.1 Å². The molecule has 1 N–H and O–H groups in total. The van der Waals surface area contributed by atoms with Gasteiger partial charge in [-0.2, -0.15) is 0 Å². The summed E-state index contributed by atoms with van der Waals surface area (Å²) in [5.41, 5.74) is 4.50. The molecular weight excluding hydrogens is 332 g/mol. The molecule has 128 valence electrons. The highest BCUT2D eigenvalue weighted by atomic mass is 32.2. The Morgan fingerprint density at radius 2 is 1.96 bits per heavy atom. The standard InChI is InChI=1S/C20H20N2O2S/c23-19(21-16-9-8-14-4-3-5-15(14)12-16)10-11-22-17-6-1-2-7-18(17)25-13-20(22)24/h1-2,6-9,12H,3-5,10-11,13H2,(H,21,23). The molecule has 0 saturated heterocycles. The number of para-hydroxylation sites is 1. The zero-order chi connectivity index (χ0) is 17.2. The fourth-order valence-corrected chi connectivity index (χ4v) is 4.42. The molecule has 0 fully saturated rings. The highest BCUT2D eigenvalue weighted by molar-refractivity contribution is 8.00. The van der Waals surface area contributed by atoms with Crippen LogP contribution in [0.3, 0.4) is 0 Å². The van der Waals surface area contributed by atoms with Gasteiger partial charge >= 0.3 is 0 Å². The van der Waals surface area contributed by atoms with Crippen molar-refractivity contribution in [3.8, 4) is 0 Å². The third kappa shape index (κ3) is 3.42. The molecule has 0 bridgehead atoms. The molecule has 25 heavy (non-hydrogen) atoms. The van der Waals surface area contributed by atoms with Crippen LogP contribution in [0, 0.1) is 0 Å². The van der Waals surface area contributed by atoms with Crippen LogP contribution in [0.4, 0.5) is 11.4 Å². The Morgan fingerprint density at radius 1 is 1.12 bits per heavy atom. The van der Waals surface area contributed by atoms with Crippen LogP contribution in [0.1, 0.15) is 24.0 Å². The van der Waals surface area contributed by atoms with Gasteiger partial charge in [-0.25, -0.2) is 0 Å². The Labute approximate surface area is 151 Å². The van der Waals surface area contributed by atoms with Gasteiger partial charge < -0.3 is 10.2 Å². The second kappa shape index (κ2) is 6.92. The van der Waals surface area contributed by atoms with Crippen molar-refractivity contribution in [1.82, 2.24) is 0 Å². The molecule has 4 rings (SSSR count). The van der Waals surface area contributed by atoms with Gasteiger partial charge in [-0.3, -0.25) is 9.59 Å². The van der Waals surface area contributed by atoms with E-state index in [-0.39, 0.29) is 11.8 Å². The van der Waals surface area contributed by atoms with Gasteiger partial charge in [-0.15, -0.1) is 11.8 Å². The molecule has 0 unspecified atom stereocenters. The van der Waals surface area contributed by atoms with Crippen LogP contribution in [-0.2, 0) is 22.4 Å². The Morgan fingerprint density at radius 3 is 2.88 bits per heavy atom. The molecule has 2 aliphatic rings. The zero-order valence-electron chi connectivity index (χ0n) is 14.0. The first kappa shape index (κ1) is 16.2. The summed E-state index contributed by atoms with van der Waals surface area (Å²) in [6.07, 6.45) is 3.72. The number of thioether (sulfide) groups is 1. The molecule has 4 nitrogen and oxygen atoms in total. The molecule has 2 aromatic rings. The predicted molar refractivity (Wildman–Crippen MR) is 101 cm³/mol. The zero-order valence-corrected chi connectivity index (χ0v) is 14.8. The monoisotopic (exact) mass is 352 g/mol. The van der Waals surface area contributed by atoms with E-state index in [2.05, 4.69) is 17.4 Å². The van der Waals surface area contributed by atoms with Crippen LogP contribution in [0.5, 0.6) is 0 Å². The number of anilines is 2. The van der Waals surface area contributed by atoms with Crippen molar-refractivity contribution in [2.45, 2.75) is 30.6 Å². The summed E-state index contributed by atoms with van der Waals surface area (Å²) in [5, 5.41) is 2.97. The fraction of sp³-hybridized carbons (Fsp3) is 0.300. The van der Waals surface area contributed by atoms with Crippen LogP contribution in [0.25, 0.3) is 0 Å². The van der Waals surface area contributed by atoms with E-state index in [1.807, 2.05) is 30.3 Å². The second-order valence-corrected chi connectivity index (χ2v) is 7.45. The number of amides is 2. The highest BCUT2D eigenvalue weighted by Gasteiger charge is 2.24. The summed E-state index contributed by atoms with van der Waals surface area (Å²) in [4.78, 5) is 27.4. The molecule has 1 aliphatic carbocycles. The van der Waals surface area contributed by atoms with Crippen LogP contribution in [-0.4, -0.2) is 24.1 Å². The van der Waals surface area contributed by atoms with Crippen molar-refractivity contribution < 1.29 is 9.59 Å². The van der Waals surface area contributed by atoms with Gasteiger partial charge in [0.15, 0.2) is 0 Å². The Balaban J connectivity index is 1.40. The van der Waals surface area contributed by atoms with E-state index < -0.39 is 0 Å². The van der Waals surface area contributed by atoms with Gasteiger partial charge in [0, 0.05) is 23.5 Å².